The number of hydrogen-bond donors (Lipinski definition) is 2. The molecule has 2 rings (SSSR count). The van der Waals surface area contributed by atoms with Crippen molar-refractivity contribution < 1.29 is 14.3 Å². The molecule has 0 aliphatic carbocycles. The van der Waals surface area contributed by atoms with Gasteiger partial charge in [-0.05, 0) is 54.8 Å². The van der Waals surface area contributed by atoms with Crippen LogP contribution in [0.15, 0.2) is 46.9 Å². The first-order chi connectivity index (χ1) is 13.4. The summed E-state index contributed by atoms with van der Waals surface area (Å²) >= 11 is 3.41. The van der Waals surface area contributed by atoms with Crippen molar-refractivity contribution >= 4 is 39.1 Å². The highest BCUT2D eigenvalue weighted by Crippen LogP contribution is 2.25. The quantitative estimate of drug-likeness (QED) is 0.473. The van der Waals surface area contributed by atoms with Crippen LogP contribution in [0.25, 0.3) is 0 Å². The fourth-order valence-corrected chi connectivity index (χ4v) is 2.91. The molecule has 2 N–H and O–H groups in total. The van der Waals surface area contributed by atoms with E-state index >= 15 is 0 Å². The van der Waals surface area contributed by atoms with Gasteiger partial charge in [0.2, 0.25) is 5.91 Å². The van der Waals surface area contributed by atoms with E-state index in [-0.39, 0.29) is 11.8 Å². The first kappa shape index (κ1) is 22.0. The van der Waals surface area contributed by atoms with Crippen LogP contribution in [0, 0.1) is 5.92 Å². The Hall–Kier alpha value is -2.34. The fraction of sp³-hybridized carbons (Fsp3) is 0.364. The van der Waals surface area contributed by atoms with Gasteiger partial charge in [0.25, 0.3) is 5.91 Å². The number of anilines is 2. The number of amides is 2. The van der Waals surface area contributed by atoms with Crippen LogP contribution in [-0.2, 0) is 4.79 Å². The van der Waals surface area contributed by atoms with Gasteiger partial charge in [-0.15, -0.1) is 0 Å². The number of nitrogens with one attached hydrogen (secondary N) is 2. The van der Waals surface area contributed by atoms with E-state index in [4.69, 9.17) is 4.74 Å². The SMILES string of the molecule is CCCCOc1ccc(Br)cc1C(=O)Nc1ccc(NC(=O)CC(C)C)cc1. The molecular weight excluding hydrogens is 420 g/mol. The molecule has 0 saturated carbocycles. The third-order valence-corrected chi connectivity index (χ3v) is 4.46. The van der Waals surface area contributed by atoms with Crippen molar-refractivity contribution in [1.29, 1.82) is 0 Å². The van der Waals surface area contributed by atoms with Crippen molar-refractivity contribution in [2.24, 2.45) is 5.92 Å². The molecule has 5 nitrogen and oxygen atoms in total. The standard InChI is InChI=1S/C22H27BrN2O3/c1-4-5-12-28-20-11-6-16(23)14-19(20)22(27)25-18-9-7-17(8-10-18)24-21(26)13-15(2)3/h6-11,14-15H,4-5,12-13H2,1-3H3,(H,24,26)(H,25,27). The number of carbonyl (C=O) groups is 2. The molecule has 0 aliphatic heterocycles. The Labute approximate surface area is 175 Å². The summed E-state index contributed by atoms with van der Waals surface area (Å²) in [4.78, 5) is 24.6. The lowest BCUT2D eigenvalue weighted by molar-refractivity contribution is -0.116. The van der Waals surface area contributed by atoms with Gasteiger partial charge in [-0.3, -0.25) is 9.59 Å². The third-order valence-electron chi connectivity index (χ3n) is 3.96. The maximum Gasteiger partial charge on any atom is 0.259 e. The van der Waals surface area contributed by atoms with Gasteiger partial charge in [-0.25, -0.2) is 0 Å². The maximum absolute atomic E-state index is 12.7. The van der Waals surface area contributed by atoms with Gasteiger partial charge in [0.1, 0.15) is 5.75 Å². The molecule has 0 spiro atoms. The number of halogens is 1. The van der Waals surface area contributed by atoms with Crippen LogP contribution in [0.2, 0.25) is 0 Å². The van der Waals surface area contributed by atoms with Crippen LogP contribution in [0.1, 0.15) is 50.4 Å². The molecule has 0 radical (unpaired) electrons. The van der Waals surface area contributed by atoms with Gasteiger partial charge < -0.3 is 15.4 Å². The molecule has 0 heterocycles. The number of ether oxygens (including phenoxy) is 1. The molecule has 0 aliphatic rings. The Kier molecular flexibility index (Phi) is 8.51. The van der Waals surface area contributed by atoms with E-state index in [0.29, 0.717) is 41.6 Å². The highest BCUT2D eigenvalue weighted by Gasteiger charge is 2.14. The van der Waals surface area contributed by atoms with Crippen LogP contribution in [0.5, 0.6) is 5.75 Å². The van der Waals surface area contributed by atoms with Gasteiger partial charge in [0, 0.05) is 22.3 Å². The third kappa shape index (κ3) is 7.00. The molecule has 28 heavy (non-hydrogen) atoms. The molecule has 2 aromatic rings. The van der Waals surface area contributed by atoms with Gasteiger partial charge in [0.15, 0.2) is 0 Å². The molecule has 0 saturated heterocycles. The minimum Gasteiger partial charge on any atom is -0.493 e. The largest absolute Gasteiger partial charge is 0.493 e. The van der Waals surface area contributed by atoms with E-state index in [1.54, 1.807) is 36.4 Å². The summed E-state index contributed by atoms with van der Waals surface area (Å²) in [7, 11) is 0. The Balaban J connectivity index is 2.04. The molecule has 2 amide bonds. The first-order valence-corrected chi connectivity index (χ1v) is 10.3. The summed E-state index contributed by atoms with van der Waals surface area (Å²) < 4.78 is 6.57. The van der Waals surface area contributed by atoms with Gasteiger partial charge >= 0.3 is 0 Å². The smallest absolute Gasteiger partial charge is 0.259 e. The minimum absolute atomic E-state index is 0.0187. The number of unbranched alkanes of at least 4 members (excludes halogenated alkanes) is 1. The zero-order valence-corrected chi connectivity index (χ0v) is 18.1. The van der Waals surface area contributed by atoms with Crippen molar-refractivity contribution in [3.63, 3.8) is 0 Å². The summed E-state index contributed by atoms with van der Waals surface area (Å²) in [6, 6.07) is 12.5. The predicted octanol–water partition coefficient (Wildman–Crippen LogP) is 5.86. The van der Waals surface area contributed by atoms with Crippen LogP contribution < -0.4 is 15.4 Å². The zero-order chi connectivity index (χ0) is 20.5. The maximum atomic E-state index is 12.7. The van der Waals surface area contributed by atoms with E-state index in [2.05, 4.69) is 33.5 Å². The Morgan fingerprint density at radius 1 is 1.04 bits per heavy atom. The second-order valence-electron chi connectivity index (χ2n) is 7.02. The van der Waals surface area contributed by atoms with E-state index in [1.165, 1.54) is 0 Å². The van der Waals surface area contributed by atoms with E-state index < -0.39 is 0 Å². The van der Waals surface area contributed by atoms with Crippen LogP contribution in [0.3, 0.4) is 0 Å². The van der Waals surface area contributed by atoms with E-state index in [1.807, 2.05) is 19.9 Å². The zero-order valence-electron chi connectivity index (χ0n) is 16.5. The summed E-state index contributed by atoms with van der Waals surface area (Å²) in [6.45, 7) is 6.66. The summed E-state index contributed by atoms with van der Waals surface area (Å²) in [5.74, 6) is 0.600. The van der Waals surface area contributed by atoms with E-state index in [0.717, 1.165) is 17.3 Å². The second-order valence-corrected chi connectivity index (χ2v) is 7.94. The average Bonchev–Trinajstić information content (AvgIpc) is 2.64. The molecule has 0 fully saturated rings. The average molecular weight is 447 g/mol. The molecule has 0 unspecified atom stereocenters. The molecule has 6 heteroatoms. The Morgan fingerprint density at radius 2 is 1.68 bits per heavy atom. The van der Waals surface area contributed by atoms with Crippen molar-refractivity contribution in [2.75, 3.05) is 17.2 Å². The normalized spacial score (nSPS) is 10.6. The molecule has 0 atom stereocenters. The lowest BCUT2D eigenvalue weighted by Gasteiger charge is -2.13. The summed E-state index contributed by atoms with van der Waals surface area (Å²) in [5, 5.41) is 5.73. The lowest BCUT2D eigenvalue weighted by Crippen LogP contribution is -2.15. The lowest BCUT2D eigenvalue weighted by atomic mass is 10.1. The number of hydrogen-bond acceptors (Lipinski definition) is 3. The van der Waals surface area contributed by atoms with Crippen molar-refractivity contribution in [3.05, 3.63) is 52.5 Å². The number of rotatable bonds is 9. The second kappa shape index (κ2) is 10.9. The van der Waals surface area contributed by atoms with Crippen molar-refractivity contribution in [2.45, 2.75) is 40.0 Å². The van der Waals surface area contributed by atoms with Crippen LogP contribution in [-0.4, -0.2) is 18.4 Å². The topological polar surface area (TPSA) is 67.4 Å². The summed E-state index contributed by atoms with van der Waals surface area (Å²) in [6.07, 6.45) is 2.43. The number of carbonyl (C=O) groups excluding carboxylic acids is 2. The van der Waals surface area contributed by atoms with Gasteiger partial charge in [-0.1, -0.05) is 43.1 Å². The Bertz CT molecular complexity index is 804. The highest BCUT2D eigenvalue weighted by molar-refractivity contribution is 9.10. The fourth-order valence-electron chi connectivity index (χ4n) is 2.55. The highest BCUT2D eigenvalue weighted by atomic mass is 79.9. The van der Waals surface area contributed by atoms with E-state index in [9.17, 15) is 9.59 Å². The van der Waals surface area contributed by atoms with Crippen molar-refractivity contribution in [1.82, 2.24) is 0 Å². The first-order valence-electron chi connectivity index (χ1n) is 9.52. The molecule has 0 aromatic heterocycles. The summed E-state index contributed by atoms with van der Waals surface area (Å²) in [5.41, 5.74) is 1.82. The van der Waals surface area contributed by atoms with Crippen LogP contribution >= 0.6 is 15.9 Å². The van der Waals surface area contributed by atoms with Crippen molar-refractivity contribution in [3.8, 4) is 5.75 Å². The molecule has 0 bridgehead atoms. The number of benzene rings is 2. The predicted molar refractivity (Wildman–Crippen MR) is 117 cm³/mol. The molecule has 150 valence electrons. The minimum atomic E-state index is -0.246. The monoisotopic (exact) mass is 446 g/mol. The van der Waals surface area contributed by atoms with Crippen LogP contribution in [0.4, 0.5) is 11.4 Å². The van der Waals surface area contributed by atoms with Gasteiger partial charge in [0.05, 0.1) is 12.2 Å². The molecule has 2 aromatic carbocycles. The molecular formula is C22H27BrN2O3. The Morgan fingerprint density at radius 3 is 2.29 bits per heavy atom. The van der Waals surface area contributed by atoms with Gasteiger partial charge in [-0.2, -0.15) is 0 Å².